The first-order valence-corrected chi connectivity index (χ1v) is 8.63. The molecule has 0 radical (unpaired) electrons. The maximum Gasteiger partial charge on any atom is 1.00 e. The molecule has 2 atom stereocenters. The molecule has 4 fully saturated rings. The Morgan fingerprint density at radius 2 is 1.78 bits per heavy atom. The number of esters is 1. The van der Waals surface area contributed by atoms with Crippen molar-refractivity contribution in [2.75, 3.05) is 6.61 Å². The van der Waals surface area contributed by atoms with Crippen molar-refractivity contribution in [3.8, 4) is 0 Å². The predicted octanol–water partition coefficient (Wildman–Crippen LogP) is -1.54. The Balaban J connectivity index is 0.00000144. The molecule has 0 aliphatic heterocycles. The summed E-state index contributed by atoms with van der Waals surface area (Å²) in [7, 11) is -5.85. The Hall–Kier alpha value is 0.200. The molecule has 0 aromatic carbocycles. The Morgan fingerprint density at radius 3 is 2.22 bits per heavy atom. The van der Waals surface area contributed by atoms with Crippen LogP contribution in [0, 0.1) is 17.3 Å². The third-order valence-electron chi connectivity index (χ3n) is 5.22. The third-order valence-corrected chi connectivity index (χ3v) is 6.04. The molecule has 10 heteroatoms. The minimum absolute atomic E-state index is 0. The molecule has 4 aliphatic rings. The first-order valence-electron chi connectivity index (χ1n) is 7.19. The van der Waals surface area contributed by atoms with Gasteiger partial charge in [0.05, 0.1) is 12.2 Å². The molecule has 0 amide bonds. The van der Waals surface area contributed by atoms with Crippen LogP contribution in [0.5, 0.6) is 0 Å². The second kappa shape index (κ2) is 5.88. The average molecular weight is 364 g/mol. The van der Waals surface area contributed by atoms with Gasteiger partial charge in [-0.3, -0.25) is 4.55 Å². The Labute approximate surface area is 156 Å². The van der Waals surface area contributed by atoms with Crippen molar-refractivity contribution in [1.29, 1.82) is 0 Å². The van der Waals surface area contributed by atoms with E-state index in [2.05, 4.69) is 4.74 Å². The van der Waals surface area contributed by atoms with E-state index in [1.54, 1.807) is 0 Å². The zero-order valence-electron chi connectivity index (χ0n) is 13.8. The van der Waals surface area contributed by atoms with Gasteiger partial charge in [0.15, 0.2) is 0 Å². The fourth-order valence-corrected chi connectivity index (χ4v) is 5.25. The van der Waals surface area contributed by atoms with Crippen LogP contribution in [-0.4, -0.2) is 41.5 Å². The van der Waals surface area contributed by atoms with Gasteiger partial charge in [-0.2, -0.15) is 17.2 Å². The van der Waals surface area contributed by atoms with Crippen LogP contribution in [0.3, 0.4) is 0 Å². The fraction of sp³-hybridized carbons (Fsp3) is 0.923. The summed E-state index contributed by atoms with van der Waals surface area (Å²) < 4.78 is 60.4. The van der Waals surface area contributed by atoms with Crippen LogP contribution in [0.1, 0.15) is 40.0 Å². The molecular formula is C13H19F2NaO6S. The van der Waals surface area contributed by atoms with E-state index in [0.29, 0.717) is 32.1 Å². The van der Waals surface area contributed by atoms with E-state index in [0.717, 1.165) is 6.42 Å². The fourth-order valence-electron chi connectivity index (χ4n) is 4.98. The van der Waals surface area contributed by atoms with Gasteiger partial charge in [-0.15, -0.1) is 0 Å². The number of ether oxygens (including phenoxy) is 1. The molecule has 23 heavy (non-hydrogen) atoms. The summed E-state index contributed by atoms with van der Waals surface area (Å²) in [5.41, 5.74) is -1.40. The second-order valence-corrected chi connectivity index (χ2v) is 8.72. The number of hydrogen-bond donors (Lipinski definition) is 2. The summed E-state index contributed by atoms with van der Waals surface area (Å²) in [6.07, 6.45) is 4.07. The quantitative estimate of drug-likeness (QED) is 0.356. The molecule has 6 nitrogen and oxygen atoms in total. The van der Waals surface area contributed by atoms with Crippen molar-refractivity contribution in [2.24, 2.45) is 17.3 Å². The van der Waals surface area contributed by atoms with Crippen LogP contribution in [0.25, 0.3) is 0 Å². The molecular weight excluding hydrogens is 345 g/mol. The number of aliphatic hydroxyl groups is 1. The first-order chi connectivity index (χ1) is 9.95. The standard InChI is InChI=1S/C13H18F2O6S.Na.H/c14-13(15,22(18,19)20)10(16)21-7-11-2-8-1-9(3-11)5-12(17,4-8)6-11;;/h8-9,17H,1-7H2,(H,18,19,20);;/q;+1;-1. The number of carbonyl (C=O) groups excluding carboxylic acids is 1. The van der Waals surface area contributed by atoms with Crippen molar-refractivity contribution in [3.05, 3.63) is 0 Å². The van der Waals surface area contributed by atoms with Gasteiger partial charge in [-0.1, -0.05) is 0 Å². The summed E-state index contributed by atoms with van der Waals surface area (Å²) in [4.78, 5) is 11.3. The predicted molar refractivity (Wildman–Crippen MR) is 70.6 cm³/mol. The number of alkyl halides is 2. The normalized spacial score (nSPS) is 39.0. The number of rotatable bonds is 4. The molecule has 2 N–H and O–H groups in total. The van der Waals surface area contributed by atoms with Crippen LogP contribution in [0.4, 0.5) is 8.78 Å². The maximum atomic E-state index is 13.2. The van der Waals surface area contributed by atoms with E-state index in [-0.39, 0.29) is 49.4 Å². The molecule has 128 valence electrons. The van der Waals surface area contributed by atoms with Crippen molar-refractivity contribution >= 4 is 16.1 Å². The van der Waals surface area contributed by atoms with Crippen molar-refractivity contribution in [2.45, 2.75) is 49.4 Å². The van der Waals surface area contributed by atoms with Crippen LogP contribution in [0.2, 0.25) is 0 Å². The zero-order chi connectivity index (χ0) is 16.4. The molecule has 4 saturated carbocycles. The van der Waals surface area contributed by atoms with Gasteiger partial charge in [0, 0.05) is 5.41 Å². The Kier molecular flexibility index (Phi) is 4.99. The van der Waals surface area contributed by atoms with Crippen LogP contribution in [-0.2, 0) is 19.6 Å². The molecule has 0 heterocycles. The molecule has 0 spiro atoms. The van der Waals surface area contributed by atoms with Gasteiger partial charge in [-0.05, 0) is 50.4 Å². The molecule has 4 rings (SSSR count). The van der Waals surface area contributed by atoms with E-state index < -0.39 is 32.4 Å². The SMILES string of the molecule is O=C(OCC12CC3CC(CC(O)(C3)C1)C2)C(F)(F)S(=O)(=O)O.[H-].[Na+]. The molecule has 4 aliphatic carbocycles. The van der Waals surface area contributed by atoms with Crippen molar-refractivity contribution in [3.63, 3.8) is 0 Å². The summed E-state index contributed by atoms with van der Waals surface area (Å²) in [5, 5.41) is 5.53. The second-order valence-electron chi connectivity index (χ2n) is 7.25. The summed E-state index contributed by atoms with van der Waals surface area (Å²) in [6.45, 7) is -0.355. The van der Waals surface area contributed by atoms with E-state index in [9.17, 15) is 27.1 Å². The largest absolute Gasteiger partial charge is 1.00 e. The van der Waals surface area contributed by atoms with E-state index in [1.165, 1.54) is 0 Å². The van der Waals surface area contributed by atoms with Crippen LogP contribution in [0.15, 0.2) is 0 Å². The molecule has 0 saturated heterocycles. The third kappa shape index (κ3) is 3.46. The molecule has 2 unspecified atom stereocenters. The zero-order valence-corrected chi connectivity index (χ0v) is 15.6. The monoisotopic (exact) mass is 364 g/mol. The number of hydrogen-bond acceptors (Lipinski definition) is 5. The minimum Gasteiger partial charge on any atom is -1.00 e. The van der Waals surface area contributed by atoms with Gasteiger partial charge in [-0.25, -0.2) is 4.79 Å². The number of halogens is 2. The van der Waals surface area contributed by atoms with E-state index in [1.807, 2.05) is 0 Å². The van der Waals surface area contributed by atoms with Crippen LogP contribution >= 0.6 is 0 Å². The van der Waals surface area contributed by atoms with Crippen LogP contribution < -0.4 is 29.6 Å². The van der Waals surface area contributed by atoms with E-state index >= 15 is 0 Å². The topological polar surface area (TPSA) is 101 Å². The van der Waals surface area contributed by atoms with Gasteiger partial charge < -0.3 is 11.3 Å². The van der Waals surface area contributed by atoms with Gasteiger partial charge >= 0.3 is 50.9 Å². The Morgan fingerprint density at radius 1 is 1.26 bits per heavy atom. The molecule has 4 bridgehead atoms. The van der Waals surface area contributed by atoms with E-state index in [4.69, 9.17) is 4.55 Å². The Bertz CT molecular complexity index is 600. The summed E-state index contributed by atoms with van der Waals surface area (Å²) in [5.74, 6) is -1.70. The molecule has 0 aromatic heterocycles. The first kappa shape index (κ1) is 19.5. The van der Waals surface area contributed by atoms with Gasteiger partial charge in [0.2, 0.25) is 0 Å². The smallest absolute Gasteiger partial charge is 1.00 e. The molecule has 0 aromatic rings. The number of carbonyl (C=O) groups is 1. The van der Waals surface area contributed by atoms with Crippen molar-refractivity contribution < 1.29 is 67.4 Å². The van der Waals surface area contributed by atoms with Gasteiger partial charge in [0.1, 0.15) is 0 Å². The van der Waals surface area contributed by atoms with Crippen molar-refractivity contribution in [1.82, 2.24) is 0 Å². The summed E-state index contributed by atoms with van der Waals surface area (Å²) >= 11 is 0. The maximum absolute atomic E-state index is 13.2. The minimum atomic E-state index is -5.85. The van der Waals surface area contributed by atoms with Gasteiger partial charge in [0.25, 0.3) is 0 Å². The summed E-state index contributed by atoms with van der Waals surface area (Å²) in [6, 6.07) is 0. The average Bonchev–Trinajstić information content (AvgIpc) is 2.31.